The van der Waals surface area contributed by atoms with Crippen LogP contribution in [0, 0.1) is 0 Å². The molecule has 5 aromatic rings. The van der Waals surface area contributed by atoms with Crippen molar-refractivity contribution in [3.05, 3.63) is 112 Å². The fraction of sp³-hybridized carbons (Fsp3) is 0.333. The molecule has 1 fully saturated rings. The van der Waals surface area contributed by atoms with Crippen LogP contribution in [0.1, 0.15) is 48.1 Å². The van der Waals surface area contributed by atoms with E-state index in [9.17, 15) is 34.5 Å². The van der Waals surface area contributed by atoms with E-state index in [1.54, 1.807) is 0 Å². The Morgan fingerprint density at radius 1 is 0.929 bits per heavy atom. The standard InChI is InChI=1S/C39H41N7O10/c40-39(16-8-9-17-41-38(53)55-19-22-10-2-1-3-11-22,36(52)54-20-27-25-14-6-4-12-23(25)24-13-5-7-15-26(24)27)35(51)45-37-43-32-29(33(50)44-37)42-21-46(32)34-31(49)30(48)28(18-47)56-34/h1-7,10-15,21,27-28,30-31,34,47-49H,8-9,16-20,40H2,(H,41,53)(H2,43,44,45,50,51)/t28-,30-,31-,34-,39+/m1/s1. The summed E-state index contributed by atoms with van der Waals surface area (Å²) >= 11 is 0. The summed E-state index contributed by atoms with van der Waals surface area (Å²) in [5.41, 5.74) is 8.04. The molecule has 292 valence electrons. The number of nitrogens with two attached hydrogens (primary N) is 1. The third-order valence-corrected chi connectivity index (χ3v) is 10.0. The summed E-state index contributed by atoms with van der Waals surface area (Å²) in [5.74, 6) is -2.77. The molecule has 0 spiro atoms. The van der Waals surface area contributed by atoms with Crippen LogP contribution in [0.5, 0.6) is 0 Å². The Morgan fingerprint density at radius 2 is 1.61 bits per heavy atom. The van der Waals surface area contributed by atoms with Crippen molar-refractivity contribution in [2.75, 3.05) is 25.1 Å². The highest BCUT2D eigenvalue weighted by Crippen LogP contribution is 2.44. The van der Waals surface area contributed by atoms with Crippen LogP contribution in [0.3, 0.4) is 0 Å². The van der Waals surface area contributed by atoms with Gasteiger partial charge in [0, 0.05) is 12.5 Å². The molecule has 2 aromatic heterocycles. The molecule has 1 aliphatic heterocycles. The lowest BCUT2D eigenvalue weighted by atomic mass is 9.92. The first-order valence-corrected chi connectivity index (χ1v) is 18.1. The lowest BCUT2D eigenvalue weighted by Gasteiger charge is -2.27. The zero-order valence-corrected chi connectivity index (χ0v) is 30.0. The number of fused-ring (bicyclic) bond motifs is 4. The van der Waals surface area contributed by atoms with E-state index in [2.05, 4.69) is 25.6 Å². The largest absolute Gasteiger partial charge is 0.463 e. The van der Waals surface area contributed by atoms with Crippen LogP contribution in [0.4, 0.5) is 10.7 Å². The number of alkyl carbamates (subject to hydrolysis) is 1. The van der Waals surface area contributed by atoms with Crippen LogP contribution in [0.25, 0.3) is 22.3 Å². The summed E-state index contributed by atoms with van der Waals surface area (Å²) in [6.45, 7) is -0.451. The van der Waals surface area contributed by atoms with Gasteiger partial charge in [0.15, 0.2) is 22.9 Å². The van der Waals surface area contributed by atoms with Crippen LogP contribution >= 0.6 is 0 Å². The van der Waals surface area contributed by atoms with Crippen LogP contribution < -0.4 is 21.9 Å². The summed E-state index contributed by atoms with van der Waals surface area (Å²) in [6, 6.07) is 24.7. The van der Waals surface area contributed by atoms with Gasteiger partial charge in [-0.25, -0.2) is 14.6 Å². The maximum absolute atomic E-state index is 14.0. The number of nitrogens with one attached hydrogen (secondary N) is 3. The normalized spacial score (nSPS) is 19.9. The Morgan fingerprint density at radius 3 is 2.29 bits per heavy atom. The smallest absolute Gasteiger partial charge is 0.407 e. The molecule has 17 heteroatoms. The zero-order chi connectivity index (χ0) is 39.4. The van der Waals surface area contributed by atoms with Crippen molar-refractivity contribution in [3.8, 4) is 11.1 Å². The molecule has 17 nitrogen and oxygen atoms in total. The topological polar surface area (TPSA) is 253 Å². The van der Waals surface area contributed by atoms with Gasteiger partial charge in [0.2, 0.25) is 5.95 Å². The molecule has 0 saturated carbocycles. The van der Waals surface area contributed by atoms with Gasteiger partial charge in [0.05, 0.1) is 12.9 Å². The van der Waals surface area contributed by atoms with E-state index in [1.807, 2.05) is 78.9 Å². The van der Waals surface area contributed by atoms with E-state index < -0.39 is 66.2 Å². The third kappa shape index (κ3) is 7.62. The minimum Gasteiger partial charge on any atom is -0.463 e. The Kier molecular flexibility index (Phi) is 11.2. The number of imidazole rings is 1. The molecule has 3 heterocycles. The molecule has 0 bridgehead atoms. The second-order valence-corrected chi connectivity index (χ2v) is 13.7. The summed E-state index contributed by atoms with van der Waals surface area (Å²) in [5, 5.41) is 35.5. The number of aromatic nitrogens is 4. The van der Waals surface area contributed by atoms with Gasteiger partial charge in [-0.3, -0.25) is 24.5 Å². The van der Waals surface area contributed by atoms with E-state index in [0.29, 0.717) is 6.42 Å². The van der Waals surface area contributed by atoms with Gasteiger partial charge in [-0.1, -0.05) is 78.9 Å². The van der Waals surface area contributed by atoms with Gasteiger partial charge in [-0.15, -0.1) is 0 Å². The predicted molar refractivity (Wildman–Crippen MR) is 200 cm³/mol. The molecule has 3 aromatic carbocycles. The highest BCUT2D eigenvalue weighted by atomic mass is 16.6. The predicted octanol–water partition coefficient (Wildman–Crippen LogP) is 1.82. The van der Waals surface area contributed by atoms with Crippen molar-refractivity contribution < 1.29 is 43.9 Å². The summed E-state index contributed by atoms with van der Waals surface area (Å²) in [6.07, 6.45) is -4.52. The van der Waals surface area contributed by atoms with Gasteiger partial charge >= 0.3 is 12.1 Å². The van der Waals surface area contributed by atoms with Crippen molar-refractivity contribution in [1.29, 1.82) is 0 Å². The molecule has 0 unspecified atom stereocenters. The van der Waals surface area contributed by atoms with Crippen LogP contribution in [0.2, 0.25) is 0 Å². The summed E-state index contributed by atoms with van der Waals surface area (Å²) in [4.78, 5) is 64.1. The van der Waals surface area contributed by atoms with Gasteiger partial charge in [0.1, 0.15) is 31.5 Å². The minimum absolute atomic E-state index is 0.0860. The molecule has 1 aliphatic carbocycles. The van der Waals surface area contributed by atoms with Crippen molar-refractivity contribution in [2.24, 2.45) is 5.73 Å². The van der Waals surface area contributed by atoms with Crippen LogP contribution in [-0.2, 0) is 30.4 Å². The number of H-pyrrole nitrogens is 1. The number of nitrogens with zero attached hydrogens (tertiary/aromatic N) is 3. The molecule has 0 radical (unpaired) electrons. The van der Waals surface area contributed by atoms with E-state index in [0.717, 1.165) is 34.1 Å². The SMILES string of the molecule is N[C@@](CCCCNC(=O)OCc1ccccc1)(C(=O)Nc1nc2c(ncn2[C@@H]2O[C@H](CO)[C@@H](O)[C@H]2O)c(=O)[nH]1)C(=O)OCC1c2ccccc2-c2ccccc21. The number of anilines is 1. The Bertz CT molecular complexity index is 2240. The first-order valence-electron chi connectivity index (χ1n) is 18.1. The second-order valence-electron chi connectivity index (χ2n) is 13.7. The molecule has 2 aliphatic rings. The fourth-order valence-electron chi connectivity index (χ4n) is 7.03. The van der Waals surface area contributed by atoms with Gasteiger partial charge in [0.25, 0.3) is 11.5 Å². The highest BCUT2D eigenvalue weighted by molar-refractivity contribution is 6.12. The Hall–Kier alpha value is -5.98. The molecule has 2 amide bonds. The number of rotatable bonds is 14. The number of ether oxygens (including phenoxy) is 3. The molecule has 56 heavy (non-hydrogen) atoms. The number of carbonyl (C=O) groups is 3. The number of hydrogen-bond acceptors (Lipinski definition) is 13. The number of aliphatic hydroxyl groups excluding tert-OH is 3. The molecular formula is C39H41N7O10. The summed E-state index contributed by atoms with van der Waals surface area (Å²) < 4.78 is 17.8. The number of hydrogen-bond donors (Lipinski definition) is 7. The van der Waals surface area contributed by atoms with Crippen LogP contribution in [-0.4, -0.2) is 96.4 Å². The molecule has 8 N–H and O–H groups in total. The second kappa shape index (κ2) is 16.4. The average Bonchev–Trinajstić information content (AvgIpc) is 3.87. The Balaban J connectivity index is 1.07. The first-order chi connectivity index (χ1) is 27.1. The fourth-order valence-corrected chi connectivity index (χ4v) is 7.03. The maximum Gasteiger partial charge on any atom is 0.407 e. The number of unbranched alkanes of at least 4 members (excludes halogenated alkanes) is 1. The van der Waals surface area contributed by atoms with Crippen molar-refractivity contribution >= 4 is 35.1 Å². The number of aliphatic hydroxyl groups is 3. The van der Waals surface area contributed by atoms with Crippen molar-refractivity contribution in [2.45, 2.75) is 61.9 Å². The minimum atomic E-state index is -2.29. The molecule has 7 rings (SSSR count). The van der Waals surface area contributed by atoms with E-state index in [-0.39, 0.29) is 49.7 Å². The third-order valence-electron chi connectivity index (χ3n) is 10.0. The van der Waals surface area contributed by atoms with Gasteiger partial charge < -0.3 is 40.6 Å². The number of aromatic amines is 1. The average molecular weight is 768 g/mol. The number of esters is 1. The van der Waals surface area contributed by atoms with E-state index in [1.165, 1.54) is 4.57 Å². The zero-order valence-electron chi connectivity index (χ0n) is 30.0. The van der Waals surface area contributed by atoms with Crippen molar-refractivity contribution in [1.82, 2.24) is 24.8 Å². The molecule has 1 saturated heterocycles. The molecular weight excluding hydrogens is 726 g/mol. The van der Waals surface area contributed by atoms with Crippen LogP contribution in [0.15, 0.2) is 90.0 Å². The van der Waals surface area contributed by atoms with E-state index >= 15 is 0 Å². The lowest BCUT2D eigenvalue weighted by molar-refractivity contribution is -0.154. The first kappa shape index (κ1) is 38.3. The summed E-state index contributed by atoms with van der Waals surface area (Å²) in [7, 11) is 0. The van der Waals surface area contributed by atoms with Gasteiger partial charge in [-0.05, 0) is 47.1 Å². The highest BCUT2D eigenvalue weighted by Gasteiger charge is 2.46. The van der Waals surface area contributed by atoms with Crippen molar-refractivity contribution in [3.63, 3.8) is 0 Å². The number of benzene rings is 3. The quantitative estimate of drug-likeness (QED) is 0.0484. The monoisotopic (exact) mass is 767 g/mol. The Labute approximate surface area is 319 Å². The number of carbonyl (C=O) groups excluding carboxylic acids is 3. The molecule has 5 atom stereocenters. The number of amides is 2. The maximum atomic E-state index is 14.0. The lowest BCUT2D eigenvalue weighted by Crippen LogP contribution is -2.58. The van der Waals surface area contributed by atoms with Gasteiger partial charge in [-0.2, -0.15) is 4.98 Å². The van der Waals surface area contributed by atoms with E-state index in [4.69, 9.17) is 19.9 Å².